The van der Waals surface area contributed by atoms with E-state index in [1.54, 1.807) is 0 Å². The van der Waals surface area contributed by atoms with Crippen LogP contribution in [0.2, 0.25) is 0 Å². The molecule has 1 saturated heterocycles. The molecular formula is C11H11FN2O6S. The summed E-state index contributed by atoms with van der Waals surface area (Å²) < 4.78 is 38.9. The van der Waals surface area contributed by atoms with Crippen LogP contribution < -0.4 is 0 Å². The van der Waals surface area contributed by atoms with Gasteiger partial charge in [0.1, 0.15) is 10.7 Å². The second kappa shape index (κ2) is 5.37. The molecule has 0 unspecified atom stereocenters. The van der Waals surface area contributed by atoms with Crippen LogP contribution in [0.5, 0.6) is 0 Å². The predicted molar refractivity (Wildman–Crippen MR) is 67.6 cm³/mol. The summed E-state index contributed by atoms with van der Waals surface area (Å²) in [5.74, 6) is -2.54. The maximum Gasteiger partial charge on any atom is 0.303 e. The van der Waals surface area contributed by atoms with Crippen molar-refractivity contribution in [3.63, 3.8) is 0 Å². The minimum absolute atomic E-state index is 0.00887. The molecule has 0 aliphatic carbocycles. The molecule has 0 spiro atoms. The molecule has 0 saturated carbocycles. The van der Waals surface area contributed by atoms with Gasteiger partial charge in [-0.3, -0.25) is 14.9 Å². The number of nitrogens with zero attached hydrogens (tertiary/aromatic N) is 2. The van der Waals surface area contributed by atoms with E-state index in [1.165, 1.54) is 0 Å². The molecule has 0 amide bonds. The standard InChI is InChI=1S/C11H11FN2O6S/c12-9-4-8(14(17)18)1-2-10(9)21(19,20)13-5-7(6-13)3-11(15)16/h1-2,4,7H,3,5-6H2,(H,15,16). The summed E-state index contributed by atoms with van der Waals surface area (Å²) in [6.45, 7) is -0.0177. The molecule has 1 aliphatic rings. The molecule has 1 N–H and O–H groups in total. The Morgan fingerprint density at radius 1 is 1.48 bits per heavy atom. The maximum absolute atomic E-state index is 13.7. The van der Waals surface area contributed by atoms with Crippen LogP contribution >= 0.6 is 0 Å². The molecule has 8 nitrogen and oxygen atoms in total. The number of non-ortho nitro benzene ring substituents is 1. The van der Waals surface area contributed by atoms with E-state index < -0.39 is 37.3 Å². The number of hydrogen-bond acceptors (Lipinski definition) is 5. The Bertz CT molecular complexity index is 699. The van der Waals surface area contributed by atoms with Gasteiger partial charge in [-0.05, 0) is 12.0 Å². The van der Waals surface area contributed by atoms with Gasteiger partial charge < -0.3 is 5.11 Å². The van der Waals surface area contributed by atoms with Crippen molar-refractivity contribution in [1.82, 2.24) is 4.31 Å². The van der Waals surface area contributed by atoms with Gasteiger partial charge in [0.25, 0.3) is 5.69 Å². The van der Waals surface area contributed by atoms with Crippen LogP contribution in [-0.2, 0) is 14.8 Å². The van der Waals surface area contributed by atoms with Crippen molar-refractivity contribution in [1.29, 1.82) is 0 Å². The molecule has 1 heterocycles. The van der Waals surface area contributed by atoms with Gasteiger partial charge in [0, 0.05) is 19.2 Å². The first-order chi connectivity index (χ1) is 9.71. The fourth-order valence-corrected chi connectivity index (χ4v) is 3.68. The third kappa shape index (κ3) is 3.00. The third-order valence-electron chi connectivity index (χ3n) is 3.13. The van der Waals surface area contributed by atoms with Crippen LogP contribution in [0.25, 0.3) is 0 Å². The van der Waals surface area contributed by atoms with Crippen molar-refractivity contribution < 1.29 is 27.6 Å². The maximum atomic E-state index is 13.7. The first-order valence-electron chi connectivity index (χ1n) is 5.87. The molecule has 21 heavy (non-hydrogen) atoms. The highest BCUT2D eigenvalue weighted by molar-refractivity contribution is 7.89. The zero-order valence-corrected chi connectivity index (χ0v) is 11.4. The normalized spacial score (nSPS) is 16.4. The number of aliphatic carboxylic acids is 1. The molecule has 0 aromatic heterocycles. The van der Waals surface area contributed by atoms with Gasteiger partial charge in [-0.15, -0.1) is 0 Å². The minimum atomic E-state index is -4.10. The van der Waals surface area contributed by atoms with Crippen molar-refractivity contribution in [2.75, 3.05) is 13.1 Å². The number of benzene rings is 1. The zero-order valence-electron chi connectivity index (χ0n) is 10.6. The van der Waals surface area contributed by atoms with Crippen LogP contribution in [0.1, 0.15) is 6.42 Å². The summed E-state index contributed by atoms with van der Waals surface area (Å²) in [5, 5.41) is 19.1. The number of hydrogen-bond donors (Lipinski definition) is 1. The van der Waals surface area contributed by atoms with Crippen LogP contribution in [0.3, 0.4) is 0 Å². The van der Waals surface area contributed by atoms with E-state index >= 15 is 0 Å². The fraction of sp³-hybridized carbons (Fsp3) is 0.364. The molecule has 0 atom stereocenters. The number of carboxylic acids is 1. The van der Waals surface area contributed by atoms with Crippen LogP contribution in [-0.4, -0.2) is 41.8 Å². The quantitative estimate of drug-likeness (QED) is 0.634. The number of nitro groups is 1. The number of carbonyl (C=O) groups is 1. The van der Waals surface area contributed by atoms with Crippen LogP contribution in [0.15, 0.2) is 23.1 Å². The minimum Gasteiger partial charge on any atom is -0.481 e. The molecule has 2 rings (SSSR count). The van der Waals surface area contributed by atoms with Crippen LogP contribution in [0.4, 0.5) is 10.1 Å². The first-order valence-corrected chi connectivity index (χ1v) is 7.31. The van der Waals surface area contributed by atoms with Crippen molar-refractivity contribution in [2.45, 2.75) is 11.3 Å². The van der Waals surface area contributed by atoms with Gasteiger partial charge in [-0.1, -0.05) is 0 Å². The fourth-order valence-electron chi connectivity index (χ4n) is 2.05. The average molecular weight is 318 g/mol. The Morgan fingerprint density at radius 2 is 2.10 bits per heavy atom. The Kier molecular flexibility index (Phi) is 3.92. The summed E-state index contributed by atoms with van der Waals surface area (Å²) in [7, 11) is -4.10. The molecule has 1 fully saturated rings. The Hall–Kier alpha value is -2.07. The number of nitro benzene ring substituents is 1. The van der Waals surface area contributed by atoms with Crippen molar-refractivity contribution in [2.24, 2.45) is 5.92 Å². The lowest BCUT2D eigenvalue weighted by molar-refractivity contribution is -0.385. The Balaban J connectivity index is 2.18. The lowest BCUT2D eigenvalue weighted by atomic mass is 10.00. The summed E-state index contributed by atoms with van der Waals surface area (Å²) in [4.78, 5) is 19.5. The molecule has 1 aromatic carbocycles. The zero-order chi connectivity index (χ0) is 15.8. The molecule has 1 aromatic rings. The number of sulfonamides is 1. The highest BCUT2D eigenvalue weighted by Gasteiger charge is 2.39. The number of halogens is 1. The second-order valence-electron chi connectivity index (χ2n) is 4.66. The molecule has 0 bridgehead atoms. The molecule has 0 radical (unpaired) electrons. The van der Waals surface area contributed by atoms with E-state index in [0.717, 1.165) is 16.4 Å². The predicted octanol–water partition coefficient (Wildman–Crippen LogP) is 0.829. The van der Waals surface area contributed by atoms with E-state index in [0.29, 0.717) is 6.07 Å². The van der Waals surface area contributed by atoms with Crippen molar-refractivity contribution in [3.05, 3.63) is 34.1 Å². The highest BCUT2D eigenvalue weighted by Crippen LogP contribution is 2.29. The summed E-state index contributed by atoms with van der Waals surface area (Å²) in [5.41, 5.74) is -0.543. The average Bonchev–Trinajstić information content (AvgIpc) is 2.32. The van der Waals surface area contributed by atoms with Gasteiger partial charge >= 0.3 is 5.97 Å². The third-order valence-corrected chi connectivity index (χ3v) is 5.00. The SMILES string of the molecule is O=C(O)CC1CN(S(=O)(=O)c2ccc([N+](=O)[O-])cc2F)C1. The smallest absolute Gasteiger partial charge is 0.303 e. The topological polar surface area (TPSA) is 118 Å². The molecular weight excluding hydrogens is 307 g/mol. The van der Waals surface area contributed by atoms with Gasteiger partial charge in [0.15, 0.2) is 0 Å². The van der Waals surface area contributed by atoms with Crippen molar-refractivity contribution in [3.8, 4) is 0 Å². The monoisotopic (exact) mass is 318 g/mol. The summed E-state index contributed by atoms with van der Waals surface area (Å²) in [6.07, 6.45) is -0.158. The van der Waals surface area contributed by atoms with E-state index in [-0.39, 0.29) is 25.4 Å². The Labute approximate surface area is 119 Å². The molecule has 114 valence electrons. The Morgan fingerprint density at radius 3 is 2.57 bits per heavy atom. The lowest BCUT2D eigenvalue weighted by Crippen LogP contribution is -2.50. The summed E-state index contributed by atoms with van der Waals surface area (Å²) in [6, 6.07) is 2.29. The van der Waals surface area contributed by atoms with Gasteiger partial charge in [0.2, 0.25) is 10.0 Å². The molecule has 1 aliphatic heterocycles. The van der Waals surface area contributed by atoms with E-state index in [4.69, 9.17) is 5.11 Å². The van der Waals surface area contributed by atoms with Gasteiger partial charge in [-0.2, -0.15) is 4.31 Å². The second-order valence-corrected chi connectivity index (χ2v) is 6.56. The lowest BCUT2D eigenvalue weighted by Gasteiger charge is -2.37. The molecule has 10 heteroatoms. The van der Waals surface area contributed by atoms with Gasteiger partial charge in [0.05, 0.1) is 17.4 Å². The van der Waals surface area contributed by atoms with Crippen molar-refractivity contribution >= 4 is 21.7 Å². The highest BCUT2D eigenvalue weighted by atomic mass is 32.2. The summed E-state index contributed by atoms with van der Waals surface area (Å²) >= 11 is 0. The van der Waals surface area contributed by atoms with E-state index in [1.807, 2.05) is 0 Å². The van der Waals surface area contributed by atoms with E-state index in [9.17, 15) is 27.7 Å². The van der Waals surface area contributed by atoms with E-state index in [2.05, 4.69) is 0 Å². The first kappa shape index (κ1) is 15.3. The largest absolute Gasteiger partial charge is 0.481 e. The number of carboxylic acid groups (broad SMARTS) is 1. The van der Waals surface area contributed by atoms with Crippen LogP contribution in [0, 0.1) is 21.8 Å². The number of rotatable bonds is 5. The van der Waals surface area contributed by atoms with Gasteiger partial charge in [-0.25, -0.2) is 12.8 Å².